The highest BCUT2D eigenvalue weighted by atomic mass is 32.2. The first-order chi connectivity index (χ1) is 8.24. The summed E-state index contributed by atoms with van der Waals surface area (Å²) in [5, 5.41) is 12.7. The number of thioether (sulfide) groups is 1. The van der Waals surface area contributed by atoms with Gasteiger partial charge in [-0.05, 0) is 43.9 Å². The Morgan fingerprint density at radius 3 is 2.65 bits per heavy atom. The maximum Gasteiger partial charge on any atom is 0.0520 e. The zero-order valence-electron chi connectivity index (χ0n) is 10.4. The first-order valence-corrected chi connectivity index (χ1v) is 7.36. The molecule has 0 amide bonds. The molecule has 1 atom stereocenters. The molecule has 17 heavy (non-hydrogen) atoms. The minimum atomic E-state index is -0.190. The topological polar surface area (TPSA) is 32.3 Å². The first-order valence-electron chi connectivity index (χ1n) is 6.37. The number of rotatable bonds is 7. The molecule has 0 radical (unpaired) electrons. The summed E-state index contributed by atoms with van der Waals surface area (Å²) in [5.41, 5.74) is 1.36. The fraction of sp³-hybridized carbons (Fsp3) is 0.571. The van der Waals surface area contributed by atoms with Gasteiger partial charge < -0.3 is 10.4 Å². The standard InChI is InChI=1S/C14H21NOS/c1-11(16)8-9-17-14-6-2-12(3-7-14)10-15-13-4-5-13/h2-3,6-7,11,13,15-16H,4-5,8-10H2,1H3. The molecule has 1 aromatic rings. The van der Waals surface area contributed by atoms with E-state index in [2.05, 4.69) is 29.6 Å². The summed E-state index contributed by atoms with van der Waals surface area (Å²) < 4.78 is 0. The molecular weight excluding hydrogens is 230 g/mol. The Labute approximate surface area is 108 Å². The molecule has 1 saturated carbocycles. The third-order valence-electron chi connectivity index (χ3n) is 2.90. The van der Waals surface area contributed by atoms with E-state index in [-0.39, 0.29) is 6.10 Å². The lowest BCUT2D eigenvalue weighted by Crippen LogP contribution is -2.14. The van der Waals surface area contributed by atoms with E-state index < -0.39 is 0 Å². The normalized spacial score (nSPS) is 17.1. The number of benzene rings is 1. The van der Waals surface area contributed by atoms with Gasteiger partial charge in [-0.3, -0.25) is 0 Å². The van der Waals surface area contributed by atoms with Crippen LogP contribution in [0.3, 0.4) is 0 Å². The van der Waals surface area contributed by atoms with E-state index in [0.29, 0.717) is 0 Å². The van der Waals surface area contributed by atoms with E-state index in [1.807, 2.05) is 18.7 Å². The lowest BCUT2D eigenvalue weighted by atomic mass is 10.2. The molecule has 1 aliphatic rings. The summed E-state index contributed by atoms with van der Waals surface area (Å²) >= 11 is 1.81. The fourth-order valence-electron chi connectivity index (χ4n) is 1.60. The Kier molecular flexibility index (Phi) is 4.89. The second kappa shape index (κ2) is 6.43. The summed E-state index contributed by atoms with van der Waals surface area (Å²) in [5.74, 6) is 0.983. The summed E-state index contributed by atoms with van der Waals surface area (Å²) in [7, 11) is 0. The summed E-state index contributed by atoms with van der Waals surface area (Å²) in [6.07, 6.45) is 3.35. The predicted molar refractivity (Wildman–Crippen MR) is 73.3 cm³/mol. The Balaban J connectivity index is 1.72. The van der Waals surface area contributed by atoms with Crippen LogP contribution in [0.15, 0.2) is 29.2 Å². The average Bonchev–Trinajstić information content (AvgIpc) is 3.11. The smallest absolute Gasteiger partial charge is 0.0520 e. The number of aliphatic hydroxyl groups excluding tert-OH is 1. The Bertz CT molecular complexity index is 333. The van der Waals surface area contributed by atoms with Gasteiger partial charge >= 0.3 is 0 Å². The van der Waals surface area contributed by atoms with Crippen LogP contribution >= 0.6 is 11.8 Å². The van der Waals surface area contributed by atoms with Crippen molar-refractivity contribution in [3.63, 3.8) is 0 Å². The van der Waals surface area contributed by atoms with Crippen LogP contribution in [0.1, 0.15) is 31.7 Å². The molecule has 94 valence electrons. The highest BCUT2D eigenvalue weighted by Crippen LogP contribution is 2.21. The van der Waals surface area contributed by atoms with Crippen molar-refractivity contribution in [3.8, 4) is 0 Å². The van der Waals surface area contributed by atoms with E-state index in [9.17, 15) is 5.11 Å². The second-order valence-corrected chi connectivity index (χ2v) is 5.95. The van der Waals surface area contributed by atoms with Crippen molar-refractivity contribution in [2.45, 2.75) is 49.8 Å². The molecule has 3 heteroatoms. The van der Waals surface area contributed by atoms with E-state index >= 15 is 0 Å². The van der Waals surface area contributed by atoms with Crippen molar-refractivity contribution in [2.24, 2.45) is 0 Å². The van der Waals surface area contributed by atoms with Gasteiger partial charge in [-0.25, -0.2) is 0 Å². The van der Waals surface area contributed by atoms with E-state index in [1.54, 1.807) is 0 Å². The summed E-state index contributed by atoms with van der Waals surface area (Å²) in [4.78, 5) is 1.29. The van der Waals surface area contributed by atoms with Crippen LogP contribution in [0, 0.1) is 0 Å². The number of nitrogens with one attached hydrogen (secondary N) is 1. The monoisotopic (exact) mass is 251 g/mol. The second-order valence-electron chi connectivity index (χ2n) is 4.79. The minimum absolute atomic E-state index is 0.190. The van der Waals surface area contributed by atoms with Gasteiger partial charge in [0.1, 0.15) is 0 Å². The predicted octanol–water partition coefficient (Wildman–Crippen LogP) is 2.80. The summed E-state index contributed by atoms with van der Waals surface area (Å²) in [6, 6.07) is 9.52. The quantitative estimate of drug-likeness (QED) is 0.731. The molecule has 0 aliphatic heterocycles. The molecule has 0 saturated heterocycles. The van der Waals surface area contributed by atoms with Crippen molar-refractivity contribution in [1.82, 2.24) is 5.32 Å². The van der Waals surface area contributed by atoms with Crippen molar-refractivity contribution in [2.75, 3.05) is 5.75 Å². The molecule has 0 aromatic heterocycles. The lowest BCUT2D eigenvalue weighted by molar-refractivity contribution is 0.192. The van der Waals surface area contributed by atoms with Crippen LogP contribution in [-0.4, -0.2) is 23.0 Å². The highest BCUT2D eigenvalue weighted by Gasteiger charge is 2.19. The van der Waals surface area contributed by atoms with Crippen molar-refractivity contribution >= 4 is 11.8 Å². The zero-order valence-corrected chi connectivity index (χ0v) is 11.2. The highest BCUT2D eigenvalue weighted by molar-refractivity contribution is 7.99. The Morgan fingerprint density at radius 1 is 1.35 bits per heavy atom. The molecule has 0 bridgehead atoms. The summed E-state index contributed by atoms with van der Waals surface area (Å²) in [6.45, 7) is 2.83. The van der Waals surface area contributed by atoms with E-state index in [1.165, 1.54) is 23.3 Å². The van der Waals surface area contributed by atoms with Gasteiger partial charge in [0, 0.05) is 23.2 Å². The largest absolute Gasteiger partial charge is 0.393 e. The van der Waals surface area contributed by atoms with E-state index in [0.717, 1.165) is 24.8 Å². The Hall–Kier alpha value is -0.510. The maximum atomic E-state index is 9.18. The van der Waals surface area contributed by atoms with Crippen LogP contribution in [-0.2, 0) is 6.54 Å². The van der Waals surface area contributed by atoms with Crippen LogP contribution in [0.25, 0.3) is 0 Å². The fourth-order valence-corrected chi connectivity index (χ4v) is 2.62. The van der Waals surface area contributed by atoms with Gasteiger partial charge in [0.15, 0.2) is 0 Å². The zero-order chi connectivity index (χ0) is 12.1. The molecule has 2 nitrogen and oxygen atoms in total. The Morgan fingerprint density at radius 2 is 2.06 bits per heavy atom. The lowest BCUT2D eigenvalue weighted by Gasteiger charge is -2.06. The average molecular weight is 251 g/mol. The molecule has 2 rings (SSSR count). The van der Waals surface area contributed by atoms with Gasteiger partial charge in [-0.2, -0.15) is 0 Å². The minimum Gasteiger partial charge on any atom is -0.393 e. The molecule has 0 spiro atoms. The van der Waals surface area contributed by atoms with Gasteiger partial charge in [-0.15, -0.1) is 11.8 Å². The van der Waals surface area contributed by atoms with Crippen molar-refractivity contribution < 1.29 is 5.11 Å². The maximum absolute atomic E-state index is 9.18. The number of hydrogen-bond donors (Lipinski definition) is 2. The van der Waals surface area contributed by atoms with Crippen LogP contribution in [0.2, 0.25) is 0 Å². The molecule has 2 N–H and O–H groups in total. The van der Waals surface area contributed by atoms with Crippen LogP contribution in [0.5, 0.6) is 0 Å². The molecule has 1 fully saturated rings. The first kappa shape index (κ1) is 12.9. The van der Waals surface area contributed by atoms with Gasteiger partial charge in [0.2, 0.25) is 0 Å². The number of hydrogen-bond acceptors (Lipinski definition) is 3. The molecule has 0 heterocycles. The van der Waals surface area contributed by atoms with Gasteiger partial charge in [0.25, 0.3) is 0 Å². The third kappa shape index (κ3) is 5.11. The molecule has 1 unspecified atom stereocenters. The van der Waals surface area contributed by atoms with Crippen LogP contribution in [0.4, 0.5) is 0 Å². The van der Waals surface area contributed by atoms with Gasteiger partial charge in [-0.1, -0.05) is 12.1 Å². The number of aliphatic hydroxyl groups is 1. The SMILES string of the molecule is CC(O)CCSc1ccc(CNC2CC2)cc1. The molecule has 1 aromatic carbocycles. The van der Waals surface area contributed by atoms with Crippen LogP contribution < -0.4 is 5.32 Å². The molecular formula is C14H21NOS. The third-order valence-corrected chi connectivity index (χ3v) is 3.95. The molecule has 1 aliphatic carbocycles. The van der Waals surface area contributed by atoms with Crippen molar-refractivity contribution in [1.29, 1.82) is 0 Å². The van der Waals surface area contributed by atoms with Crippen molar-refractivity contribution in [3.05, 3.63) is 29.8 Å². The van der Waals surface area contributed by atoms with E-state index in [4.69, 9.17) is 0 Å². The van der Waals surface area contributed by atoms with Gasteiger partial charge in [0.05, 0.1) is 6.10 Å².